The van der Waals surface area contributed by atoms with Gasteiger partial charge in [-0.3, -0.25) is 9.69 Å². The molecule has 10 heteroatoms. The van der Waals surface area contributed by atoms with Crippen LogP contribution in [0.3, 0.4) is 0 Å². The zero-order valence-electron chi connectivity index (χ0n) is 19.7. The predicted octanol–water partition coefficient (Wildman–Crippen LogP) is 3.73. The van der Waals surface area contributed by atoms with Crippen molar-refractivity contribution in [2.45, 2.75) is 57.3 Å². The molecule has 1 fully saturated rings. The number of fused-ring (bicyclic) bond motifs is 1. The van der Waals surface area contributed by atoms with Gasteiger partial charge >= 0.3 is 12.1 Å². The van der Waals surface area contributed by atoms with E-state index in [0.29, 0.717) is 0 Å². The molecular weight excluding hydrogens is 438 g/mol. The number of rotatable bonds is 6. The number of carbonyl (C=O) groups is 3. The zero-order chi connectivity index (χ0) is 24.9. The molecule has 1 heterocycles. The van der Waals surface area contributed by atoms with Crippen LogP contribution in [0.2, 0.25) is 0 Å². The summed E-state index contributed by atoms with van der Waals surface area (Å²) in [5, 5.41) is 8.47. The fraction of sp³-hybridized carbons (Fsp3) is 0.458. The van der Waals surface area contributed by atoms with E-state index in [1.807, 2.05) is 42.5 Å². The van der Waals surface area contributed by atoms with Crippen LogP contribution in [0.15, 0.2) is 47.6 Å². The number of ether oxygens (including phenoxy) is 2. The Morgan fingerprint density at radius 3 is 2.56 bits per heavy atom. The maximum atomic E-state index is 13.2. The topological polar surface area (TPSA) is 134 Å². The van der Waals surface area contributed by atoms with Crippen molar-refractivity contribution in [2.24, 2.45) is 5.11 Å². The van der Waals surface area contributed by atoms with Gasteiger partial charge in [0, 0.05) is 17.9 Å². The summed E-state index contributed by atoms with van der Waals surface area (Å²) in [5.74, 6) is -1.15. The highest BCUT2D eigenvalue weighted by Crippen LogP contribution is 2.24. The highest BCUT2D eigenvalue weighted by Gasteiger charge is 2.42. The van der Waals surface area contributed by atoms with Crippen LogP contribution in [0.1, 0.15) is 32.8 Å². The van der Waals surface area contributed by atoms with E-state index < -0.39 is 41.7 Å². The second kappa shape index (κ2) is 10.4. The van der Waals surface area contributed by atoms with Gasteiger partial charge in [0.25, 0.3) is 0 Å². The monoisotopic (exact) mass is 467 g/mol. The van der Waals surface area contributed by atoms with Crippen LogP contribution in [-0.4, -0.2) is 60.3 Å². The molecule has 1 aliphatic rings. The van der Waals surface area contributed by atoms with E-state index in [1.54, 1.807) is 20.8 Å². The average molecular weight is 468 g/mol. The second-order valence-corrected chi connectivity index (χ2v) is 9.21. The number of hydrogen-bond donors (Lipinski definition) is 1. The minimum Gasteiger partial charge on any atom is -0.467 e. The minimum absolute atomic E-state index is 0.0463. The molecule has 34 heavy (non-hydrogen) atoms. The molecule has 1 unspecified atom stereocenters. The van der Waals surface area contributed by atoms with Gasteiger partial charge in [-0.2, -0.15) is 0 Å². The Balaban J connectivity index is 1.80. The number of esters is 1. The molecule has 1 saturated heterocycles. The molecule has 0 radical (unpaired) electrons. The Morgan fingerprint density at radius 2 is 1.91 bits per heavy atom. The summed E-state index contributed by atoms with van der Waals surface area (Å²) in [5.41, 5.74) is 8.89. The van der Waals surface area contributed by atoms with E-state index in [2.05, 4.69) is 15.3 Å². The number of benzene rings is 2. The Labute approximate surface area is 197 Å². The number of nitrogens with zero attached hydrogens (tertiary/aromatic N) is 4. The first-order valence-electron chi connectivity index (χ1n) is 11.0. The average Bonchev–Trinajstić information content (AvgIpc) is 3.21. The molecular formula is C24H29N5O5. The summed E-state index contributed by atoms with van der Waals surface area (Å²) in [7, 11) is 1.25. The third-order valence-corrected chi connectivity index (χ3v) is 5.48. The van der Waals surface area contributed by atoms with Crippen LogP contribution in [-0.2, 0) is 25.5 Å². The maximum absolute atomic E-state index is 13.2. The molecule has 0 aromatic heterocycles. The van der Waals surface area contributed by atoms with Gasteiger partial charge in [-0.15, -0.1) is 0 Å². The first-order valence-corrected chi connectivity index (χ1v) is 11.0. The molecule has 2 amide bonds. The van der Waals surface area contributed by atoms with Gasteiger partial charge in [-0.05, 0) is 49.1 Å². The van der Waals surface area contributed by atoms with Crippen molar-refractivity contribution in [1.82, 2.24) is 10.2 Å². The van der Waals surface area contributed by atoms with Crippen molar-refractivity contribution in [1.29, 1.82) is 0 Å². The summed E-state index contributed by atoms with van der Waals surface area (Å²) in [4.78, 5) is 42.5. The molecule has 1 aliphatic heterocycles. The van der Waals surface area contributed by atoms with Crippen molar-refractivity contribution in [2.75, 3.05) is 13.7 Å². The number of amides is 2. The largest absolute Gasteiger partial charge is 0.467 e. The highest BCUT2D eigenvalue weighted by atomic mass is 16.6. The molecule has 1 N–H and O–H groups in total. The lowest BCUT2D eigenvalue weighted by molar-refractivity contribution is -0.145. The molecule has 10 nitrogen and oxygen atoms in total. The van der Waals surface area contributed by atoms with Gasteiger partial charge in [0.1, 0.15) is 17.7 Å². The predicted molar refractivity (Wildman–Crippen MR) is 126 cm³/mol. The minimum atomic E-state index is -0.960. The van der Waals surface area contributed by atoms with E-state index in [9.17, 15) is 14.4 Å². The molecule has 3 rings (SSSR count). The first-order chi connectivity index (χ1) is 16.1. The van der Waals surface area contributed by atoms with Crippen molar-refractivity contribution in [3.05, 3.63) is 58.5 Å². The molecule has 0 bridgehead atoms. The van der Waals surface area contributed by atoms with E-state index in [1.165, 1.54) is 12.0 Å². The van der Waals surface area contributed by atoms with E-state index in [0.717, 1.165) is 16.3 Å². The Morgan fingerprint density at radius 1 is 1.21 bits per heavy atom. The Kier molecular flexibility index (Phi) is 7.63. The number of carbonyl (C=O) groups excluding carboxylic acids is 3. The van der Waals surface area contributed by atoms with Gasteiger partial charge in [0.05, 0.1) is 13.2 Å². The van der Waals surface area contributed by atoms with Crippen LogP contribution in [0, 0.1) is 0 Å². The second-order valence-electron chi connectivity index (χ2n) is 9.21. The van der Waals surface area contributed by atoms with Crippen LogP contribution in [0.5, 0.6) is 0 Å². The van der Waals surface area contributed by atoms with Crippen molar-refractivity contribution >= 4 is 28.7 Å². The molecule has 3 atom stereocenters. The Hall–Kier alpha value is -3.78. The molecule has 2 aromatic carbocycles. The fourth-order valence-electron chi connectivity index (χ4n) is 3.95. The fourth-order valence-corrected chi connectivity index (χ4v) is 3.95. The molecule has 0 aliphatic carbocycles. The molecule has 2 aromatic rings. The molecule has 0 saturated carbocycles. The zero-order valence-corrected chi connectivity index (χ0v) is 19.7. The van der Waals surface area contributed by atoms with Gasteiger partial charge < -0.3 is 14.8 Å². The quantitative estimate of drug-likeness (QED) is 0.299. The first kappa shape index (κ1) is 24.9. The molecule has 180 valence electrons. The van der Waals surface area contributed by atoms with Crippen LogP contribution >= 0.6 is 0 Å². The Bertz CT molecular complexity index is 1120. The van der Waals surface area contributed by atoms with Crippen molar-refractivity contribution in [3.8, 4) is 0 Å². The number of likely N-dealkylation sites (tertiary alicyclic amines) is 1. The third kappa shape index (κ3) is 6.17. The van der Waals surface area contributed by atoms with Crippen LogP contribution < -0.4 is 5.32 Å². The molecule has 0 spiro atoms. The lowest BCUT2D eigenvalue weighted by Gasteiger charge is -2.28. The number of azide groups is 1. The van der Waals surface area contributed by atoms with E-state index in [4.69, 9.17) is 15.0 Å². The van der Waals surface area contributed by atoms with Crippen molar-refractivity contribution < 1.29 is 23.9 Å². The maximum Gasteiger partial charge on any atom is 0.410 e. The van der Waals surface area contributed by atoms with E-state index >= 15 is 0 Å². The van der Waals surface area contributed by atoms with Gasteiger partial charge in [-0.25, -0.2) is 9.59 Å². The lowest BCUT2D eigenvalue weighted by atomic mass is 10.0. The van der Waals surface area contributed by atoms with Crippen molar-refractivity contribution in [3.63, 3.8) is 0 Å². The smallest absolute Gasteiger partial charge is 0.410 e. The lowest BCUT2D eigenvalue weighted by Crippen LogP contribution is -2.52. The van der Waals surface area contributed by atoms with Gasteiger partial charge in [0.15, 0.2) is 0 Å². The normalized spacial score (nSPS) is 18.6. The summed E-state index contributed by atoms with van der Waals surface area (Å²) >= 11 is 0. The SMILES string of the molecule is COC(=O)C(Cc1ccc2ccccc2c1)NC(=O)[C@@H]1C[C@H](N=[N+]=[N-])CN1C(=O)OC(C)(C)C. The summed E-state index contributed by atoms with van der Waals surface area (Å²) < 4.78 is 10.3. The van der Waals surface area contributed by atoms with Crippen LogP contribution in [0.25, 0.3) is 21.2 Å². The number of hydrogen-bond acceptors (Lipinski definition) is 6. The van der Waals surface area contributed by atoms with Gasteiger partial charge in [0.2, 0.25) is 5.91 Å². The summed E-state index contributed by atoms with van der Waals surface area (Å²) in [6.07, 6.45) is -0.353. The summed E-state index contributed by atoms with van der Waals surface area (Å²) in [6, 6.07) is 11.1. The number of methoxy groups -OCH3 is 1. The van der Waals surface area contributed by atoms with Gasteiger partial charge in [-0.1, -0.05) is 47.6 Å². The number of nitrogens with one attached hydrogen (secondary N) is 1. The van der Waals surface area contributed by atoms with Crippen LogP contribution in [0.4, 0.5) is 4.79 Å². The standard InChI is InChI=1S/C24H29N5O5/c1-24(2,3)34-23(32)29-14-18(27-28-25)13-20(29)21(30)26-19(22(31)33-4)12-15-9-10-16-7-5-6-8-17(16)11-15/h5-11,18-20H,12-14H2,1-4H3,(H,26,30)/t18-,19?,20-/m0/s1. The third-order valence-electron chi connectivity index (χ3n) is 5.48. The van der Waals surface area contributed by atoms with E-state index in [-0.39, 0.29) is 19.4 Å². The summed E-state index contributed by atoms with van der Waals surface area (Å²) in [6.45, 7) is 5.21. The highest BCUT2D eigenvalue weighted by molar-refractivity contribution is 5.90.